The number of rotatable bonds is 3. The van der Waals surface area contributed by atoms with Crippen LogP contribution in [0.25, 0.3) is 6.08 Å². The molecule has 0 aliphatic rings. The summed E-state index contributed by atoms with van der Waals surface area (Å²) in [5, 5.41) is 7.42. The molecule has 1 aromatic carbocycles. The fourth-order valence-corrected chi connectivity index (χ4v) is 0.914. The standard InChI is InChI=1S/C11H12O2.C2H4O2/c1-10(12)13-9-5-8-11-6-3-2-4-7-11;1-2(3)4/h2-8H,9H2,1H3;1H3,(H,3,4)/b8-5+;. The molecule has 4 heteroatoms. The molecule has 1 rings (SSSR count). The average Bonchev–Trinajstić information content (AvgIpc) is 2.25. The van der Waals surface area contributed by atoms with Crippen molar-refractivity contribution >= 4 is 18.0 Å². The molecule has 0 heterocycles. The molecule has 0 radical (unpaired) electrons. The molecule has 0 spiro atoms. The number of benzene rings is 1. The van der Waals surface area contributed by atoms with Crippen LogP contribution in [0.15, 0.2) is 36.4 Å². The summed E-state index contributed by atoms with van der Waals surface area (Å²) in [7, 11) is 0. The quantitative estimate of drug-likeness (QED) is 0.818. The van der Waals surface area contributed by atoms with Gasteiger partial charge in [-0.1, -0.05) is 36.4 Å². The van der Waals surface area contributed by atoms with Gasteiger partial charge in [-0.25, -0.2) is 0 Å². The number of carboxylic acids is 1. The number of esters is 1. The Balaban J connectivity index is 0.000000557. The summed E-state index contributed by atoms with van der Waals surface area (Å²) in [6.07, 6.45) is 3.74. The molecule has 0 saturated carbocycles. The van der Waals surface area contributed by atoms with Crippen LogP contribution in [0, 0.1) is 0 Å². The molecule has 92 valence electrons. The van der Waals surface area contributed by atoms with E-state index in [2.05, 4.69) is 0 Å². The molecule has 17 heavy (non-hydrogen) atoms. The monoisotopic (exact) mass is 236 g/mol. The van der Waals surface area contributed by atoms with Crippen molar-refractivity contribution in [2.75, 3.05) is 6.61 Å². The first-order valence-corrected chi connectivity index (χ1v) is 5.07. The Morgan fingerprint density at radius 3 is 2.24 bits per heavy atom. The van der Waals surface area contributed by atoms with Crippen molar-refractivity contribution < 1.29 is 19.4 Å². The Morgan fingerprint density at radius 1 is 1.24 bits per heavy atom. The second kappa shape index (κ2) is 9.15. The van der Waals surface area contributed by atoms with Crippen molar-refractivity contribution in [2.24, 2.45) is 0 Å². The van der Waals surface area contributed by atoms with E-state index in [1.807, 2.05) is 42.5 Å². The van der Waals surface area contributed by atoms with Gasteiger partial charge in [0.2, 0.25) is 0 Å². The minimum atomic E-state index is -0.833. The van der Waals surface area contributed by atoms with Gasteiger partial charge in [0.05, 0.1) is 0 Å². The van der Waals surface area contributed by atoms with Crippen LogP contribution in [0.4, 0.5) is 0 Å². The van der Waals surface area contributed by atoms with Crippen LogP contribution < -0.4 is 0 Å². The molecule has 1 N–H and O–H groups in total. The summed E-state index contributed by atoms with van der Waals surface area (Å²) in [6, 6.07) is 9.87. The molecule has 0 aliphatic heterocycles. The fourth-order valence-electron chi connectivity index (χ4n) is 0.914. The zero-order chi connectivity index (χ0) is 13.1. The number of ether oxygens (including phenoxy) is 1. The van der Waals surface area contributed by atoms with Gasteiger partial charge in [0, 0.05) is 13.8 Å². The average molecular weight is 236 g/mol. The minimum absolute atomic E-state index is 0.252. The molecule has 4 nitrogen and oxygen atoms in total. The smallest absolute Gasteiger partial charge is 0.302 e. The summed E-state index contributed by atoms with van der Waals surface area (Å²) in [4.78, 5) is 19.4. The van der Waals surface area contributed by atoms with Crippen molar-refractivity contribution in [1.29, 1.82) is 0 Å². The predicted octanol–water partition coefficient (Wildman–Crippen LogP) is 2.35. The fraction of sp³-hybridized carbons (Fsp3) is 0.231. The molecular formula is C13H16O4. The highest BCUT2D eigenvalue weighted by atomic mass is 16.5. The third-order valence-electron chi connectivity index (χ3n) is 1.49. The van der Waals surface area contributed by atoms with Crippen LogP contribution in [-0.2, 0) is 14.3 Å². The van der Waals surface area contributed by atoms with Crippen LogP contribution in [0.2, 0.25) is 0 Å². The maximum atomic E-state index is 10.4. The molecule has 0 aromatic heterocycles. The van der Waals surface area contributed by atoms with E-state index in [0.717, 1.165) is 12.5 Å². The molecule has 0 saturated heterocycles. The SMILES string of the molecule is CC(=O)O.CC(=O)OC/C=C/c1ccccc1. The maximum absolute atomic E-state index is 10.4. The van der Waals surface area contributed by atoms with Gasteiger partial charge >= 0.3 is 5.97 Å². The second-order valence-electron chi connectivity index (χ2n) is 3.13. The molecular weight excluding hydrogens is 220 g/mol. The van der Waals surface area contributed by atoms with Gasteiger partial charge in [-0.05, 0) is 11.6 Å². The lowest BCUT2D eigenvalue weighted by Gasteiger charge is -1.94. The lowest BCUT2D eigenvalue weighted by molar-refractivity contribution is -0.139. The summed E-state index contributed by atoms with van der Waals surface area (Å²) in [5.41, 5.74) is 1.11. The van der Waals surface area contributed by atoms with Gasteiger partial charge in [-0.2, -0.15) is 0 Å². The van der Waals surface area contributed by atoms with Crippen molar-refractivity contribution in [3.63, 3.8) is 0 Å². The first-order chi connectivity index (χ1) is 8.02. The molecule has 0 bridgehead atoms. The van der Waals surface area contributed by atoms with Gasteiger partial charge < -0.3 is 9.84 Å². The summed E-state index contributed by atoms with van der Waals surface area (Å²) in [6.45, 7) is 2.82. The van der Waals surface area contributed by atoms with E-state index in [-0.39, 0.29) is 5.97 Å². The molecule has 0 aliphatic carbocycles. The van der Waals surface area contributed by atoms with Crippen molar-refractivity contribution in [3.05, 3.63) is 42.0 Å². The van der Waals surface area contributed by atoms with Crippen molar-refractivity contribution in [2.45, 2.75) is 13.8 Å². The number of hydrogen-bond donors (Lipinski definition) is 1. The third kappa shape index (κ3) is 11.8. The minimum Gasteiger partial charge on any atom is -0.481 e. The zero-order valence-corrected chi connectivity index (χ0v) is 9.92. The van der Waals surface area contributed by atoms with Crippen LogP contribution in [0.5, 0.6) is 0 Å². The Labute approximate surface area is 101 Å². The van der Waals surface area contributed by atoms with Crippen molar-refractivity contribution in [1.82, 2.24) is 0 Å². The van der Waals surface area contributed by atoms with E-state index in [1.54, 1.807) is 0 Å². The molecule has 1 aromatic rings. The van der Waals surface area contributed by atoms with Gasteiger partial charge in [0.1, 0.15) is 6.61 Å². The maximum Gasteiger partial charge on any atom is 0.302 e. The lowest BCUT2D eigenvalue weighted by atomic mass is 10.2. The van der Waals surface area contributed by atoms with E-state index in [0.29, 0.717) is 6.61 Å². The van der Waals surface area contributed by atoms with Gasteiger partial charge in [-0.3, -0.25) is 9.59 Å². The van der Waals surface area contributed by atoms with E-state index in [1.165, 1.54) is 6.92 Å². The topological polar surface area (TPSA) is 63.6 Å². The number of hydrogen-bond acceptors (Lipinski definition) is 3. The summed E-state index contributed by atoms with van der Waals surface area (Å²) in [5.74, 6) is -1.09. The molecule has 0 fully saturated rings. The van der Waals surface area contributed by atoms with Gasteiger partial charge in [0.15, 0.2) is 0 Å². The number of carboxylic acid groups (broad SMARTS) is 1. The summed E-state index contributed by atoms with van der Waals surface area (Å²) >= 11 is 0. The van der Waals surface area contributed by atoms with Gasteiger partial charge in [-0.15, -0.1) is 0 Å². The Hall–Kier alpha value is -2.10. The third-order valence-corrected chi connectivity index (χ3v) is 1.49. The molecule has 0 amide bonds. The Morgan fingerprint density at radius 2 is 1.76 bits per heavy atom. The Bertz CT molecular complexity index is 364. The number of aliphatic carboxylic acids is 1. The van der Waals surface area contributed by atoms with Crippen LogP contribution in [-0.4, -0.2) is 23.7 Å². The van der Waals surface area contributed by atoms with E-state index in [9.17, 15) is 4.79 Å². The van der Waals surface area contributed by atoms with Crippen molar-refractivity contribution in [3.8, 4) is 0 Å². The number of carbonyl (C=O) groups excluding carboxylic acids is 1. The van der Waals surface area contributed by atoms with Crippen LogP contribution >= 0.6 is 0 Å². The first-order valence-electron chi connectivity index (χ1n) is 5.07. The lowest BCUT2D eigenvalue weighted by Crippen LogP contribution is -1.97. The second-order valence-corrected chi connectivity index (χ2v) is 3.13. The summed E-state index contributed by atoms with van der Waals surface area (Å²) < 4.78 is 4.74. The normalized spacial score (nSPS) is 9.29. The van der Waals surface area contributed by atoms with E-state index < -0.39 is 5.97 Å². The van der Waals surface area contributed by atoms with E-state index in [4.69, 9.17) is 14.6 Å². The zero-order valence-electron chi connectivity index (χ0n) is 9.92. The highest BCUT2D eigenvalue weighted by molar-refractivity contribution is 5.66. The molecule has 0 atom stereocenters. The highest BCUT2D eigenvalue weighted by Crippen LogP contribution is 2.00. The first kappa shape index (κ1) is 14.9. The largest absolute Gasteiger partial charge is 0.481 e. The number of carbonyl (C=O) groups is 2. The Kier molecular flexibility index (Phi) is 8.02. The predicted molar refractivity (Wildman–Crippen MR) is 65.4 cm³/mol. The van der Waals surface area contributed by atoms with Crippen LogP contribution in [0.1, 0.15) is 19.4 Å². The van der Waals surface area contributed by atoms with Crippen LogP contribution in [0.3, 0.4) is 0 Å². The molecule has 0 unspecified atom stereocenters. The van der Waals surface area contributed by atoms with Gasteiger partial charge in [0.25, 0.3) is 5.97 Å². The van der Waals surface area contributed by atoms with E-state index >= 15 is 0 Å². The highest BCUT2D eigenvalue weighted by Gasteiger charge is 1.87.